The first-order valence-electron chi connectivity index (χ1n) is 6.72. The number of halogens is 3. The van der Waals surface area contributed by atoms with E-state index in [0.717, 1.165) is 11.3 Å². The van der Waals surface area contributed by atoms with Gasteiger partial charge >= 0.3 is 6.18 Å². The molecule has 6 heteroatoms. The van der Waals surface area contributed by atoms with E-state index in [1.165, 1.54) is 25.3 Å². The van der Waals surface area contributed by atoms with Gasteiger partial charge in [-0.2, -0.15) is 13.2 Å². The molecular formula is C16H17F3O2Si. The molecule has 2 nitrogen and oxygen atoms in total. The second kappa shape index (κ2) is 5.68. The van der Waals surface area contributed by atoms with Gasteiger partial charge in [0.05, 0.1) is 12.7 Å². The number of benzene rings is 2. The van der Waals surface area contributed by atoms with E-state index in [2.05, 4.69) is 0 Å². The second-order valence-corrected chi connectivity index (χ2v) is 9.93. The van der Waals surface area contributed by atoms with Gasteiger partial charge in [0.25, 0.3) is 0 Å². The van der Waals surface area contributed by atoms with Gasteiger partial charge in [-0.05, 0) is 11.3 Å². The Balaban J connectivity index is 2.58. The molecule has 118 valence electrons. The third-order valence-electron chi connectivity index (χ3n) is 3.78. The van der Waals surface area contributed by atoms with Crippen LogP contribution in [0.5, 0.6) is 11.5 Å². The minimum atomic E-state index is -4.37. The van der Waals surface area contributed by atoms with Gasteiger partial charge in [-0.1, -0.05) is 54.7 Å². The predicted molar refractivity (Wildman–Crippen MR) is 82.9 cm³/mol. The lowest BCUT2D eigenvalue weighted by Crippen LogP contribution is -2.53. The fraction of sp³-hybridized carbons (Fsp3) is 0.250. The summed E-state index contributed by atoms with van der Waals surface area (Å²) in [5, 5.41) is 11.3. The fourth-order valence-electron chi connectivity index (χ4n) is 2.47. The smallest absolute Gasteiger partial charge is 0.416 e. The molecule has 0 amide bonds. The molecule has 0 unspecified atom stereocenters. The zero-order chi connectivity index (χ0) is 16.5. The van der Waals surface area contributed by atoms with Crippen LogP contribution in [0.2, 0.25) is 13.1 Å². The quantitative estimate of drug-likeness (QED) is 0.878. The summed E-state index contributed by atoms with van der Waals surface area (Å²) in [6.45, 7) is 3.86. The molecule has 2 rings (SSSR count). The first-order chi connectivity index (χ1) is 10.2. The summed E-state index contributed by atoms with van der Waals surface area (Å²) >= 11 is 0. The Hall–Kier alpha value is -1.95. The van der Waals surface area contributed by atoms with Crippen LogP contribution in [0.4, 0.5) is 13.2 Å². The number of aromatic hydroxyl groups is 1. The molecule has 0 saturated heterocycles. The van der Waals surface area contributed by atoms with Gasteiger partial charge in [-0.25, -0.2) is 0 Å². The van der Waals surface area contributed by atoms with Crippen molar-refractivity contribution in [2.45, 2.75) is 19.3 Å². The van der Waals surface area contributed by atoms with Crippen molar-refractivity contribution in [1.82, 2.24) is 0 Å². The van der Waals surface area contributed by atoms with E-state index < -0.39 is 19.8 Å². The number of alkyl halides is 3. The van der Waals surface area contributed by atoms with E-state index >= 15 is 0 Å². The van der Waals surface area contributed by atoms with E-state index in [1.807, 2.05) is 13.1 Å². The van der Waals surface area contributed by atoms with Crippen molar-refractivity contribution in [1.29, 1.82) is 0 Å². The molecule has 0 aliphatic heterocycles. The normalized spacial score (nSPS) is 12.3. The monoisotopic (exact) mass is 326 g/mol. The minimum absolute atomic E-state index is 0.00690. The van der Waals surface area contributed by atoms with Gasteiger partial charge in [-0.3, -0.25) is 0 Å². The number of hydrogen-bond acceptors (Lipinski definition) is 2. The molecule has 22 heavy (non-hydrogen) atoms. The highest BCUT2D eigenvalue weighted by molar-refractivity contribution is 7.01. The Morgan fingerprint density at radius 2 is 1.68 bits per heavy atom. The summed E-state index contributed by atoms with van der Waals surface area (Å²) in [5.74, 6) is 0.323. The summed E-state index contributed by atoms with van der Waals surface area (Å²) < 4.78 is 44.0. The third kappa shape index (κ3) is 2.97. The van der Waals surface area contributed by atoms with Crippen molar-refractivity contribution >= 4 is 18.4 Å². The second-order valence-electron chi connectivity index (χ2n) is 5.56. The molecule has 0 saturated carbocycles. The van der Waals surface area contributed by atoms with Gasteiger partial charge in [0.15, 0.2) is 11.5 Å². The summed E-state index contributed by atoms with van der Waals surface area (Å²) in [4.78, 5) is 0. The minimum Gasteiger partial charge on any atom is -0.504 e. The van der Waals surface area contributed by atoms with Crippen LogP contribution in [-0.4, -0.2) is 20.3 Å². The Kier molecular flexibility index (Phi) is 4.24. The fourth-order valence-corrected chi connectivity index (χ4v) is 5.12. The first kappa shape index (κ1) is 16.4. The number of phenolic OH excluding ortho intramolecular Hbond substituents is 1. The summed E-state index contributed by atoms with van der Waals surface area (Å²) in [7, 11) is -1.01. The average molecular weight is 326 g/mol. The van der Waals surface area contributed by atoms with E-state index in [9.17, 15) is 18.3 Å². The van der Waals surface area contributed by atoms with Crippen LogP contribution in [0, 0.1) is 0 Å². The molecule has 2 aromatic rings. The van der Waals surface area contributed by atoms with Crippen molar-refractivity contribution < 1.29 is 23.0 Å². The van der Waals surface area contributed by atoms with E-state index in [-0.39, 0.29) is 5.75 Å². The number of rotatable bonds is 3. The Morgan fingerprint density at radius 3 is 2.27 bits per heavy atom. The molecule has 0 aliphatic rings. The van der Waals surface area contributed by atoms with Gasteiger partial charge in [0, 0.05) is 0 Å². The third-order valence-corrected chi connectivity index (χ3v) is 7.28. The highest BCUT2D eigenvalue weighted by Gasteiger charge is 2.35. The highest BCUT2D eigenvalue weighted by atomic mass is 28.3. The topological polar surface area (TPSA) is 29.5 Å². The molecule has 0 aromatic heterocycles. The van der Waals surface area contributed by atoms with Crippen LogP contribution in [0.1, 0.15) is 5.56 Å². The molecule has 0 fully saturated rings. The summed E-state index contributed by atoms with van der Waals surface area (Å²) in [6.07, 6.45) is -4.37. The summed E-state index contributed by atoms with van der Waals surface area (Å²) in [6, 6.07) is 10.3. The van der Waals surface area contributed by atoms with Crippen LogP contribution in [-0.2, 0) is 6.18 Å². The van der Waals surface area contributed by atoms with Crippen LogP contribution in [0.3, 0.4) is 0 Å². The molecule has 0 aliphatic carbocycles. The molecule has 0 spiro atoms. The molecule has 1 N–H and O–H groups in total. The number of ether oxygens (including phenoxy) is 1. The van der Waals surface area contributed by atoms with Gasteiger partial charge in [0.1, 0.15) is 8.07 Å². The van der Waals surface area contributed by atoms with Gasteiger partial charge in [0.2, 0.25) is 0 Å². The standard InChI is InChI=1S/C16H17F3O2Si/c1-21-15-13(20)8-5-9-14(15)22(2,3)12-7-4-6-11(10-12)16(17,18)19/h4-10,20H,1-3H3. The van der Waals surface area contributed by atoms with Crippen LogP contribution in [0.25, 0.3) is 0 Å². The lowest BCUT2D eigenvalue weighted by molar-refractivity contribution is -0.137. The molecule has 0 bridgehead atoms. The maximum absolute atomic E-state index is 12.9. The first-order valence-corrected chi connectivity index (χ1v) is 9.72. The number of para-hydroxylation sites is 1. The molecule has 0 radical (unpaired) electrons. The maximum atomic E-state index is 12.9. The largest absolute Gasteiger partial charge is 0.504 e. The number of methoxy groups -OCH3 is 1. The van der Waals surface area contributed by atoms with Crippen molar-refractivity contribution in [2.24, 2.45) is 0 Å². The van der Waals surface area contributed by atoms with Gasteiger partial charge < -0.3 is 9.84 Å². The van der Waals surface area contributed by atoms with Crippen molar-refractivity contribution in [3.05, 3.63) is 48.0 Å². The van der Waals surface area contributed by atoms with Crippen molar-refractivity contribution in [3.8, 4) is 11.5 Å². The maximum Gasteiger partial charge on any atom is 0.416 e. The summed E-state index contributed by atoms with van der Waals surface area (Å²) in [5.41, 5.74) is -0.662. The average Bonchev–Trinajstić information content (AvgIpc) is 2.46. The molecule has 0 atom stereocenters. The highest BCUT2D eigenvalue weighted by Crippen LogP contribution is 2.29. The lowest BCUT2D eigenvalue weighted by atomic mass is 10.2. The lowest BCUT2D eigenvalue weighted by Gasteiger charge is -2.26. The zero-order valence-electron chi connectivity index (χ0n) is 12.5. The van der Waals surface area contributed by atoms with Crippen LogP contribution in [0.15, 0.2) is 42.5 Å². The van der Waals surface area contributed by atoms with E-state index in [1.54, 1.807) is 18.2 Å². The number of phenols is 1. The van der Waals surface area contributed by atoms with Crippen LogP contribution < -0.4 is 15.1 Å². The van der Waals surface area contributed by atoms with Crippen LogP contribution >= 0.6 is 0 Å². The van der Waals surface area contributed by atoms with E-state index in [0.29, 0.717) is 10.9 Å². The Bertz CT molecular complexity index is 681. The predicted octanol–water partition coefficient (Wildman–Crippen LogP) is 3.24. The van der Waals surface area contributed by atoms with E-state index in [4.69, 9.17) is 4.74 Å². The Morgan fingerprint density at radius 1 is 1.05 bits per heavy atom. The van der Waals surface area contributed by atoms with Gasteiger partial charge in [-0.15, -0.1) is 0 Å². The SMILES string of the molecule is COc1c(O)cccc1[Si](C)(C)c1cccc(C(F)(F)F)c1. The molecular weight excluding hydrogens is 309 g/mol. The van der Waals surface area contributed by atoms with Crippen molar-refractivity contribution in [3.63, 3.8) is 0 Å². The Labute approximate surface area is 128 Å². The molecule has 2 aromatic carbocycles. The molecule has 0 heterocycles. The number of hydrogen-bond donors (Lipinski definition) is 1. The zero-order valence-corrected chi connectivity index (χ0v) is 13.5. The van der Waals surface area contributed by atoms with Crippen molar-refractivity contribution in [2.75, 3.05) is 7.11 Å².